The summed E-state index contributed by atoms with van der Waals surface area (Å²) in [6.07, 6.45) is 3.37. The first kappa shape index (κ1) is 12.1. The fourth-order valence-corrected chi connectivity index (χ4v) is 2.12. The van der Waals surface area contributed by atoms with Crippen molar-refractivity contribution in [3.63, 3.8) is 0 Å². The number of hydrogen-bond acceptors (Lipinski definition) is 5. The molecule has 0 bridgehead atoms. The summed E-state index contributed by atoms with van der Waals surface area (Å²) >= 11 is 0. The van der Waals surface area contributed by atoms with Crippen LogP contribution in [-0.4, -0.2) is 26.9 Å². The summed E-state index contributed by atoms with van der Waals surface area (Å²) in [4.78, 5) is 15.3. The van der Waals surface area contributed by atoms with E-state index in [2.05, 4.69) is 4.98 Å². The molecule has 0 saturated carbocycles. The number of nitrogens with zero attached hydrogens (tertiary/aromatic N) is 2. The highest BCUT2D eigenvalue weighted by Gasteiger charge is 2.39. The second kappa shape index (κ2) is 4.46. The molecule has 94 valence electrons. The molecule has 0 spiro atoms. The first-order chi connectivity index (χ1) is 8.10. The number of ether oxygens (including phenoxy) is 1. The third-order valence-corrected chi connectivity index (χ3v) is 3.33. The molecule has 2 rings (SSSR count). The van der Waals surface area contributed by atoms with Gasteiger partial charge in [-0.05, 0) is 25.3 Å². The lowest BCUT2D eigenvalue weighted by Crippen LogP contribution is -2.34. The van der Waals surface area contributed by atoms with Gasteiger partial charge in [0.05, 0.1) is 12.2 Å². The minimum Gasteiger partial charge on any atom is -0.393 e. The Hall–Kier alpha value is -1.40. The molecule has 3 N–H and O–H groups in total. The molecule has 1 aromatic heterocycles. The number of aliphatic hydroxyl groups is 1. The number of aromatic nitrogens is 2. The van der Waals surface area contributed by atoms with Crippen LogP contribution in [0.2, 0.25) is 0 Å². The van der Waals surface area contributed by atoms with Crippen molar-refractivity contribution in [1.82, 2.24) is 9.55 Å². The average Bonchev–Trinajstić information content (AvgIpc) is 2.74. The SMILES string of the molecule is CC[C@@]1(CO)CCC(n2ccc(N)nc2=O)O1. The lowest BCUT2D eigenvalue weighted by Gasteiger charge is -2.25. The lowest BCUT2D eigenvalue weighted by molar-refractivity contribution is -0.101. The fourth-order valence-electron chi connectivity index (χ4n) is 2.12. The summed E-state index contributed by atoms with van der Waals surface area (Å²) in [6, 6.07) is 1.57. The largest absolute Gasteiger partial charge is 0.393 e. The molecule has 1 aromatic rings. The van der Waals surface area contributed by atoms with Crippen molar-refractivity contribution in [2.45, 2.75) is 38.0 Å². The summed E-state index contributed by atoms with van der Waals surface area (Å²) in [6.45, 7) is 1.93. The maximum Gasteiger partial charge on any atom is 0.351 e. The smallest absolute Gasteiger partial charge is 0.351 e. The lowest BCUT2D eigenvalue weighted by atomic mass is 9.98. The molecular formula is C11H17N3O3. The average molecular weight is 239 g/mol. The Morgan fingerprint density at radius 1 is 1.76 bits per heavy atom. The van der Waals surface area contributed by atoms with Gasteiger partial charge < -0.3 is 15.6 Å². The van der Waals surface area contributed by atoms with E-state index in [4.69, 9.17) is 10.5 Å². The minimum absolute atomic E-state index is 0.0306. The maximum atomic E-state index is 11.6. The van der Waals surface area contributed by atoms with E-state index in [1.165, 1.54) is 4.57 Å². The first-order valence-corrected chi connectivity index (χ1v) is 5.73. The summed E-state index contributed by atoms with van der Waals surface area (Å²) in [7, 11) is 0. The molecule has 0 radical (unpaired) electrons. The van der Waals surface area contributed by atoms with Gasteiger partial charge >= 0.3 is 5.69 Å². The second-order valence-corrected chi connectivity index (χ2v) is 4.35. The Labute approximate surface area is 99.0 Å². The number of nitrogens with two attached hydrogens (primary N) is 1. The van der Waals surface area contributed by atoms with Gasteiger partial charge in [-0.15, -0.1) is 0 Å². The maximum absolute atomic E-state index is 11.6. The molecule has 17 heavy (non-hydrogen) atoms. The zero-order valence-electron chi connectivity index (χ0n) is 9.80. The molecule has 1 aliphatic heterocycles. The molecule has 0 amide bonds. The first-order valence-electron chi connectivity index (χ1n) is 5.73. The predicted molar refractivity (Wildman–Crippen MR) is 62.4 cm³/mol. The van der Waals surface area contributed by atoms with Crippen molar-refractivity contribution in [1.29, 1.82) is 0 Å². The highest BCUT2D eigenvalue weighted by molar-refractivity contribution is 5.23. The molecule has 1 unspecified atom stereocenters. The van der Waals surface area contributed by atoms with Crippen LogP contribution < -0.4 is 11.4 Å². The van der Waals surface area contributed by atoms with Gasteiger partial charge in [-0.25, -0.2) is 4.79 Å². The summed E-state index contributed by atoms with van der Waals surface area (Å²) in [5.74, 6) is 0.202. The standard InChI is InChI=1S/C11H17N3O3/c1-2-11(7-15)5-3-9(17-11)14-6-4-8(12)13-10(14)16/h4,6,9,15H,2-3,5,7H2,1H3,(H2,12,13,16)/t9?,11-/m0/s1. The van der Waals surface area contributed by atoms with Crippen molar-refractivity contribution in [3.05, 3.63) is 22.7 Å². The Morgan fingerprint density at radius 3 is 3.06 bits per heavy atom. The molecule has 2 heterocycles. The summed E-state index contributed by atoms with van der Waals surface area (Å²) < 4.78 is 7.21. The number of anilines is 1. The number of rotatable bonds is 3. The van der Waals surface area contributed by atoms with Crippen molar-refractivity contribution < 1.29 is 9.84 Å². The van der Waals surface area contributed by atoms with Crippen LogP contribution in [0.15, 0.2) is 17.1 Å². The molecule has 0 aliphatic carbocycles. The van der Waals surface area contributed by atoms with Gasteiger partial charge in [0.25, 0.3) is 0 Å². The Bertz CT molecular complexity index is 454. The monoisotopic (exact) mass is 239 g/mol. The third kappa shape index (κ3) is 2.18. The van der Waals surface area contributed by atoms with Gasteiger partial charge in [-0.2, -0.15) is 4.98 Å². The van der Waals surface area contributed by atoms with Crippen LogP contribution in [0.3, 0.4) is 0 Å². The second-order valence-electron chi connectivity index (χ2n) is 4.35. The normalized spacial score (nSPS) is 28.5. The van der Waals surface area contributed by atoms with Crippen LogP contribution >= 0.6 is 0 Å². The van der Waals surface area contributed by atoms with Crippen LogP contribution in [0, 0.1) is 0 Å². The molecule has 0 aromatic carbocycles. The van der Waals surface area contributed by atoms with E-state index in [9.17, 15) is 9.90 Å². The van der Waals surface area contributed by atoms with Crippen LogP contribution in [0.5, 0.6) is 0 Å². The van der Waals surface area contributed by atoms with Gasteiger partial charge in [-0.3, -0.25) is 4.57 Å². The van der Waals surface area contributed by atoms with Crippen molar-refractivity contribution in [3.8, 4) is 0 Å². The summed E-state index contributed by atoms with van der Waals surface area (Å²) in [5.41, 5.74) is 4.49. The van der Waals surface area contributed by atoms with E-state index >= 15 is 0 Å². The number of nitrogen functional groups attached to an aromatic ring is 1. The molecular weight excluding hydrogens is 222 g/mol. The van der Waals surface area contributed by atoms with Gasteiger partial charge in [0, 0.05) is 6.20 Å². The van der Waals surface area contributed by atoms with E-state index in [1.807, 2.05) is 6.92 Å². The van der Waals surface area contributed by atoms with Crippen molar-refractivity contribution in [2.75, 3.05) is 12.3 Å². The summed E-state index contributed by atoms with van der Waals surface area (Å²) in [5, 5.41) is 9.35. The van der Waals surface area contributed by atoms with Crippen LogP contribution in [0.1, 0.15) is 32.4 Å². The van der Waals surface area contributed by atoms with E-state index in [1.54, 1.807) is 12.3 Å². The molecule has 6 heteroatoms. The van der Waals surface area contributed by atoms with E-state index in [-0.39, 0.29) is 18.7 Å². The molecule has 1 aliphatic rings. The van der Waals surface area contributed by atoms with Crippen LogP contribution in [0.4, 0.5) is 5.82 Å². The Kier molecular flexibility index (Phi) is 3.17. The molecule has 2 atom stereocenters. The fraction of sp³-hybridized carbons (Fsp3) is 0.636. The highest BCUT2D eigenvalue weighted by Crippen LogP contribution is 2.37. The van der Waals surface area contributed by atoms with E-state index in [0.29, 0.717) is 6.42 Å². The van der Waals surface area contributed by atoms with Crippen molar-refractivity contribution in [2.24, 2.45) is 0 Å². The van der Waals surface area contributed by atoms with E-state index < -0.39 is 11.3 Å². The molecule has 6 nitrogen and oxygen atoms in total. The van der Waals surface area contributed by atoms with Gasteiger partial charge in [0.15, 0.2) is 0 Å². The number of hydrogen-bond donors (Lipinski definition) is 2. The zero-order valence-corrected chi connectivity index (χ0v) is 9.80. The molecule has 1 saturated heterocycles. The van der Waals surface area contributed by atoms with E-state index in [0.717, 1.165) is 12.8 Å². The van der Waals surface area contributed by atoms with Crippen molar-refractivity contribution >= 4 is 5.82 Å². The topological polar surface area (TPSA) is 90.4 Å². The Morgan fingerprint density at radius 2 is 2.53 bits per heavy atom. The quantitative estimate of drug-likeness (QED) is 0.790. The third-order valence-electron chi connectivity index (χ3n) is 3.33. The van der Waals surface area contributed by atoms with Gasteiger partial charge in [0.2, 0.25) is 0 Å². The van der Waals surface area contributed by atoms with Gasteiger partial charge in [0.1, 0.15) is 12.0 Å². The van der Waals surface area contributed by atoms with Crippen LogP contribution in [0.25, 0.3) is 0 Å². The van der Waals surface area contributed by atoms with Gasteiger partial charge in [-0.1, -0.05) is 6.92 Å². The zero-order chi connectivity index (χ0) is 12.5. The minimum atomic E-state index is -0.522. The Balaban J connectivity index is 2.23. The predicted octanol–water partition coefficient (Wildman–Crippen LogP) is 0.276. The highest BCUT2D eigenvalue weighted by atomic mass is 16.5. The van der Waals surface area contributed by atoms with Crippen LogP contribution in [-0.2, 0) is 4.74 Å². The number of aliphatic hydroxyl groups excluding tert-OH is 1. The molecule has 1 fully saturated rings.